The molecular weight excluding hydrogens is 368 g/mol. The van der Waals surface area contributed by atoms with Crippen LogP contribution in [0.3, 0.4) is 0 Å². The van der Waals surface area contributed by atoms with Crippen LogP contribution in [0.2, 0.25) is 0 Å². The fraction of sp³-hybridized carbons (Fsp3) is 0.519. The summed E-state index contributed by atoms with van der Waals surface area (Å²) in [5.74, 6) is 0.841. The summed E-state index contributed by atoms with van der Waals surface area (Å²) < 4.78 is 0. The summed E-state index contributed by atoms with van der Waals surface area (Å²) in [6.45, 7) is 5.58. The third-order valence-corrected chi connectivity index (χ3v) is 7.57. The van der Waals surface area contributed by atoms with Crippen LogP contribution in [0.5, 0.6) is 0 Å². The molecule has 0 radical (unpaired) electrons. The van der Waals surface area contributed by atoms with Crippen LogP contribution < -0.4 is 0 Å². The third kappa shape index (κ3) is 4.05. The average Bonchev–Trinajstić information content (AvgIpc) is 3.04. The van der Waals surface area contributed by atoms with Crippen LogP contribution in [0.4, 0.5) is 0 Å². The lowest BCUT2D eigenvalue weighted by Crippen LogP contribution is -2.46. The maximum absolute atomic E-state index is 13.4. The van der Waals surface area contributed by atoms with E-state index in [0.29, 0.717) is 18.0 Å². The first-order valence-corrected chi connectivity index (χ1v) is 11.9. The van der Waals surface area contributed by atoms with E-state index in [4.69, 9.17) is 0 Å². The van der Waals surface area contributed by atoms with Crippen molar-refractivity contribution in [3.05, 3.63) is 70.8 Å². The van der Waals surface area contributed by atoms with Crippen molar-refractivity contribution in [2.45, 2.75) is 76.4 Å². The van der Waals surface area contributed by atoms with Crippen molar-refractivity contribution in [2.24, 2.45) is 0 Å². The molecule has 3 aliphatic heterocycles. The molecule has 3 saturated heterocycles. The van der Waals surface area contributed by atoms with Gasteiger partial charge in [0.1, 0.15) is 0 Å². The van der Waals surface area contributed by atoms with Crippen molar-refractivity contribution in [1.29, 1.82) is 0 Å². The first kappa shape index (κ1) is 19.8. The van der Waals surface area contributed by atoms with E-state index < -0.39 is 0 Å². The monoisotopic (exact) mass is 402 g/mol. The minimum absolute atomic E-state index is 0.245. The smallest absolute Gasteiger partial charge is 0.254 e. The highest BCUT2D eigenvalue weighted by Gasteiger charge is 2.43. The number of carbonyl (C=O) groups excluding carboxylic acids is 1. The van der Waals surface area contributed by atoms with Gasteiger partial charge in [0.25, 0.3) is 5.91 Å². The zero-order valence-electron chi connectivity index (χ0n) is 18.2. The van der Waals surface area contributed by atoms with Gasteiger partial charge in [0.15, 0.2) is 0 Å². The molecule has 158 valence electrons. The second-order valence-electron chi connectivity index (χ2n) is 9.71. The van der Waals surface area contributed by atoms with Crippen LogP contribution in [0.15, 0.2) is 48.5 Å². The summed E-state index contributed by atoms with van der Waals surface area (Å²) >= 11 is 0. The minimum Gasteiger partial charge on any atom is -0.333 e. The minimum atomic E-state index is 0.245. The van der Waals surface area contributed by atoms with E-state index in [1.54, 1.807) is 0 Å². The molecule has 3 aliphatic rings. The number of nitrogens with zero attached hydrogens (tertiary/aromatic N) is 2. The molecule has 0 saturated carbocycles. The average molecular weight is 403 g/mol. The maximum Gasteiger partial charge on any atom is 0.254 e. The molecule has 0 N–H and O–H groups in total. The van der Waals surface area contributed by atoms with Gasteiger partial charge in [-0.15, -0.1) is 0 Å². The molecule has 2 aromatic carbocycles. The van der Waals surface area contributed by atoms with Gasteiger partial charge < -0.3 is 4.90 Å². The van der Waals surface area contributed by atoms with Gasteiger partial charge in [-0.1, -0.05) is 48.4 Å². The van der Waals surface area contributed by atoms with E-state index in [9.17, 15) is 4.79 Å². The van der Waals surface area contributed by atoms with Gasteiger partial charge in [0.2, 0.25) is 0 Å². The molecule has 2 aromatic rings. The third-order valence-electron chi connectivity index (χ3n) is 7.57. The van der Waals surface area contributed by atoms with E-state index in [1.807, 2.05) is 0 Å². The molecule has 0 aliphatic carbocycles. The summed E-state index contributed by atoms with van der Waals surface area (Å²) in [7, 11) is 0. The van der Waals surface area contributed by atoms with Gasteiger partial charge in [0.05, 0.1) is 0 Å². The Balaban J connectivity index is 1.25. The first-order chi connectivity index (χ1) is 14.7. The Morgan fingerprint density at radius 1 is 0.867 bits per heavy atom. The number of amides is 1. The lowest BCUT2D eigenvalue weighted by atomic mass is 9.84. The van der Waals surface area contributed by atoms with Crippen molar-refractivity contribution < 1.29 is 4.79 Å². The van der Waals surface area contributed by atoms with Crippen LogP contribution in [0.1, 0.15) is 77.9 Å². The summed E-state index contributed by atoms with van der Waals surface area (Å²) in [5.41, 5.74) is 4.96. The van der Waals surface area contributed by atoms with Crippen LogP contribution in [-0.4, -0.2) is 40.9 Å². The fourth-order valence-electron chi connectivity index (χ4n) is 5.90. The number of likely N-dealkylation sites (tertiary alicyclic amines) is 1. The van der Waals surface area contributed by atoms with E-state index >= 15 is 0 Å². The van der Waals surface area contributed by atoms with Gasteiger partial charge in [0, 0.05) is 24.2 Å². The number of hydrogen-bond acceptors (Lipinski definition) is 2. The molecule has 5 rings (SSSR count). The fourth-order valence-corrected chi connectivity index (χ4v) is 5.90. The summed E-state index contributed by atoms with van der Waals surface area (Å²) in [5, 5.41) is 0. The summed E-state index contributed by atoms with van der Waals surface area (Å²) in [6, 6.07) is 18.3. The Kier molecular flexibility index (Phi) is 5.64. The zero-order valence-corrected chi connectivity index (χ0v) is 18.2. The molecule has 3 heterocycles. The Hall–Kier alpha value is -2.13. The van der Waals surface area contributed by atoms with Crippen molar-refractivity contribution in [2.75, 3.05) is 13.1 Å². The molecule has 30 heavy (non-hydrogen) atoms. The summed E-state index contributed by atoms with van der Waals surface area (Å²) in [6.07, 6.45) is 8.54. The van der Waals surface area contributed by atoms with Crippen LogP contribution in [0, 0.1) is 6.92 Å². The highest BCUT2D eigenvalue weighted by molar-refractivity contribution is 5.95. The topological polar surface area (TPSA) is 23.6 Å². The molecule has 0 spiro atoms. The van der Waals surface area contributed by atoms with E-state index in [-0.39, 0.29) is 5.91 Å². The normalized spacial score (nSPS) is 26.7. The second-order valence-corrected chi connectivity index (χ2v) is 9.71. The largest absolute Gasteiger partial charge is 0.333 e. The van der Waals surface area contributed by atoms with Gasteiger partial charge >= 0.3 is 0 Å². The van der Waals surface area contributed by atoms with Gasteiger partial charge in [-0.05, 0) is 87.7 Å². The van der Waals surface area contributed by atoms with Crippen molar-refractivity contribution >= 4 is 5.91 Å². The second kappa shape index (κ2) is 8.55. The highest BCUT2D eigenvalue weighted by atomic mass is 16.2. The van der Waals surface area contributed by atoms with Gasteiger partial charge in [-0.2, -0.15) is 0 Å². The number of fused-ring (bicyclic) bond motifs is 2. The predicted molar refractivity (Wildman–Crippen MR) is 122 cm³/mol. The van der Waals surface area contributed by atoms with Crippen LogP contribution in [0.25, 0.3) is 0 Å². The molecule has 3 nitrogen and oxygen atoms in total. The Morgan fingerprint density at radius 2 is 1.50 bits per heavy atom. The quantitative estimate of drug-likeness (QED) is 0.671. The van der Waals surface area contributed by atoms with E-state index in [0.717, 1.165) is 37.8 Å². The number of hydrogen-bond donors (Lipinski definition) is 0. The molecule has 2 atom stereocenters. The lowest BCUT2D eigenvalue weighted by Gasteiger charge is -2.39. The number of aryl methyl sites for hydroxylation is 1. The molecule has 3 fully saturated rings. The van der Waals surface area contributed by atoms with E-state index in [2.05, 4.69) is 65.3 Å². The summed E-state index contributed by atoms with van der Waals surface area (Å²) in [4.78, 5) is 18.1. The van der Waals surface area contributed by atoms with Crippen LogP contribution >= 0.6 is 0 Å². The van der Waals surface area contributed by atoms with Gasteiger partial charge in [-0.3, -0.25) is 9.69 Å². The molecule has 2 bridgehead atoms. The Bertz CT molecular complexity index is 853. The molecule has 2 unspecified atom stereocenters. The standard InChI is InChI=1S/C27H34N2O/c1-20-5-9-22(10-6-20)24-17-25-13-14-26(18-24)29(25)27(30)23-11-7-21(8-12-23)19-28-15-3-2-4-16-28/h5-12,24-26H,2-4,13-19H2,1H3. The number of benzene rings is 2. The zero-order chi connectivity index (χ0) is 20.5. The van der Waals surface area contributed by atoms with Crippen LogP contribution in [-0.2, 0) is 6.54 Å². The molecule has 0 aromatic heterocycles. The maximum atomic E-state index is 13.4. The van der Waals surface area contributed by atoms with Crippen molar-refractivity contribution in [3.8, 4) is 0 Å². The number of piperidine rings is 2. The Morgan fingerprint density at radius 3 is 2.13 bits per heavy atom. The molecule has 3 heteroatoms. The first-order valence-electron chi connectivity index (χ1n) is 11.9. The predicted octanol–water partition coefficient (Wildman–Crippen LogP) is 5.53. The number of carbonyl (C=O) groups is 1. The van der Waals surface area contributed by atoms with E-state index in [1.165, 1.54) is 49.0 Å². The van der Waals surface area contributed by atoms with Gasteiger partial charge in [-0.25, -0.2) is 0 Å². The highest BCUT2D eigenvalue weighted by Crippen LogP contribution is 2.43. The lowest BCUT2D eigenvalue weighted by molar-refractivity contribution is 0.0571. The Labute approximate surface area is 181 Å². The van der Waals surface area contributed by atoms with Crippen molar-refractivity contribution in [3.63, 3.8) is 0 Å². The number of rotatable bonds is 4. The van der Waals surface area contributed by atoms with Crippen molar-refractivity contribution in [1.82, 2.24) is 9.80 Å². The molecular formula is C27H34N2O. The SMILES string of the molecule is Cc1ccc(C2CC3CCC(C2)N3C(=O)c2ccc(CN3CCCCC3)cc2)cc1. The molecule has 1 amide bonds.